The summed E-state index contributed by atoms with van der Waals surface area (Å²) in [5.74, 6) is 0.119. The van der Waals surface area contributed by atoms with Crippen molar-refractivity contribution in [3.63, 3.8) is 0 Å². The number of allylic oxidation sites excluding steroid dienone is 1. The lowest BCUT2D eigenvalue weighted by Gasteiger charge is -2.31. The molecule has 1 aliphatic rings. The van der Waals surface area contributed by atoms with Gasteiger partial charge in [-0.05, 0) is 47.5 Å². The Hall–Kier alpha value is -1.50. The molecule has 1 atom stereocenters. The molecule has 0 radical (unpaired) electrons. The molecule has 26 heavy (non-hydrogen) atoms. The van der Waals surface area contributed by atoms with E-state index in [2.05, 4.69) is 15.9 Å². The van der Waals surface area contributed by atoms with Gasteiger partial charge in [0, 0.05) is 26.5 Å². The van der Waals surface area contributed by atoms with Crippen molar-refractivity contribution in [1.29, 1.82) is 0 Å². The Morgan fingerprint density at radius 1 is 1.15 bits per heavy atom. The minimum atomic E-state index is -4.70. The predicted octanol–water partition coefficient (Wildman–Crippen LogP) is 6.32. The molecular weight excluding hydrogens is 456 g/mol. The molecule has 0 bridgehead atoms. The van der Waals surface area contributed by atoms with Gasteiger partial charge in [0.15, 0.2) is 0 Å². The van der Waals surface area contributed by atoms with E-state index < -0.39 is 18.2 Å². The van der Waals surface area contributed by atoms with Gasteiger partial charge in [0.05, 0.1) is 0 Å². The second-order valence-corrected chi connectivity index (χ2v) is 7.46. The standard InChI is InChI=1S/C18H10BrCl2F3O2/c19-15(3-4-25)10-1-2-16-11(5-10)9-17(26-16,18(22,23)24)12-6-13(20)8-14(21)7-12/h1-8H,9H2. The van der Waals surface area contributed by atoms with E-state index in [-0.39, 0.29) is 21.4 Å². The first-order valence-corrected chi connectivity index (χ1v) is 8.88. The van der Waals surface area contributed by atoms with Crippen LogP contribution in [0.25, 0.3) is 4.48 Å². The molecule has 3 rings (SSSR count). The number of halogens is 6. The van der Waals surface area contributed by atoms with Crippen LogP contribution < -0.4 is 4.74 Å². The van der Waals surface area contributed by atoms with E-state index in [1.807, 2.05) is 0 Å². The van der Waals surface area contributed by atoms with Crippen molar-refractivity contribution in [1.82, 2.24) is 0 Å². The molecular formula is C18H10BrCl2F3O2. The minimum absolute atomic E-state index is 0.0908. The van der Waals surface area contributed by atoms with Gasteiger partial charge in [-0.15, -0.1) is 0 Å². The Bertz CT molecular complexity index is 892. The highest BCUT2D eigenvalue weighted by Crippen LogP contribution is 2.52. The Balaban J connectivity index is 2.11. The van der Waals surface area contributed by atoms with Gasteiger partial charge in [-0.3, -0.25) is 4.79 Å². The SMILES string of the molecule is O=CC=C(Br)c1ccc2c(c1)CC(c1cc(Cl)cc(Cl)c1)(C(F)(F)F)O2. The number of aldehydes is 1. The minimum Gasteiger partial charge on any atom is -0.472 e. The van der Waals surface area contributed by atoms with Gasteiger partial charge in [-0.1, -0.05) is 45.2 Å². The molecule has 0 aliphatic carbocycles. The van der Waals surface area contributed by atoms with Gasteiger partial charge in [0.25, 0.3) is 0 Å². The summed E-state index contributed by atoms with van der Waals surface area (Å²) in [6.07, 6.45) is -3.28. The van der Waals surface area contributed by atoms with E-state index in [4.69, 9.17) is 27.9 Å². The van der Waals surface area contributed by atoms with Gasteiger partial charge in [0.2, 0.25) is 5.60 Å². The van der Waals surface area contributed by atoms with E-state index >= 15 is 0 Å². The first kappa shape index (κ1) is 19.3. The molecule has 1 heterocycles. The molecule has 0 aromatic heterocycles. The Kier molecular flexibility index (Phi) is 5.12. The summed E-state index contributed by atoms with van der Waals surface area (Å²) in [6, 6.07) is 8.34. The maximum atomic E-state index is 14.0. The summed E-state index contributed by atoms with van der Waals surface area (Å²) in [4.78, 5) is 10.6. The van der Waals surface area contributed by atoms with Crippen molar-refractivity contribution in [2.75, 3.05) is 0 Å². The third-order valence-electron chi connectivity index (χ3n) is 4.06. The zero-order valence-corrected chi connectivity index (χ0v) is 16.0. The lowest BCUT2D eigenvalue weighted by atomic mass is 9.88. The summed E-state index contributed by atoms with van der Waals surface area (Å²) >= 11 is 15.0. The average molecular weight is 466 g/mol. The van der Waals surface area contributed by atoms with Crippen LogP contribution in [0, 0.1) is 0 Å². The fraction of sp³-hybridized carbons (Fsp3) is 0.167. The molecule has 0 saturated carbocycles. The number of carbonyl (C=O) groups is 1. The summed E-state index contributed by atoms with van der Waals surface area (Å²) in [5, 5.41) is 0.182. The van der Waals surface area contributed by atoms with Gasteiger partial charge < -0.3 is 4.74 Å². The lowest BCUT2D eigenvalue weighted by Crippen LogP contribution is -2.46. The maximum absolute atomic E-state index is 14.0. The van der Waals surface area contributed by atoms with Crippen LogP contribution in [0.3, 0.4) is 0 Å². The van der Waals surface area contributed by atoms with Crippen molar-refractivity contribution in [2.45, 2.75) is 18.2 Å². The summed E-state index contributed by atoms with van der Waals surface area (Å²) in [5.41, 5.74) is -1.81. The van der Waals surface area contributed by atoms with Gasteiger partial charge in [-0.25, -0.2) is 0 Å². The molecule has 136 valence electrons. The van der Waals surface area contributed by atoms with Gasteiger partial charge in [-0.2, -0.15) is 13.2 Å². The monoisotopic (exact) mass is 464 g/mol. The van der Waals surface area contributed by atoms with Crippen LogP contribution in [0.1, 0.15) is 16.7 Å². The van der Waals surface area contributed by atoms with Crippen LogP contribution in [-0.2, 0) is 16.8 Å². The van der Waals surface area contributed by atoms with E-state index in [1.54, 1.807) is 12.1 Å². The lowest BCUT2D eigenvalue weighted by molar-refractivity contribution is -0.248. The van der Waals surface area contributed by atoms with Crippen LogP contribution in [0.4, 0.5) is 13.2 Å². The first-order valence-electron chi connectivity index (χ1n) is 7.33. The number of benzene rings is 2. The third-order valence-corrected chi connectivity index (χ3v) is 5.22. The third kappa shape index (κ3) is 3.38. The number of fused-ring (bicyclic) bond motifs is 1. The summed E-state index contributed by atoms with van der Waals surface area (Å²) in [7, 11) is 0. The molecule has 2 aromatic carbocycles. The molecule has 8 heteroatoms. The zero-order valence-electron chi connectivity index (χ0n) is 12.9. The molecule has 0 fully saturated rings. The largest absolute Gasteiger partial charge is 0.472 e. The highest BCUT2D eigenvalue weighted by Gasteiger charge is 2.61. The topological polar surface area (TPSA) is 26.3 Å². The van der Waals surface area contributed by atoms with Crippen LogP contribution in [0.2, 0.25) is 10.0 Å². The molecule has 2 aromatic rings. The van der Waals surface area contributed by atoms with Crippen LogP contribution in [-0.4, -0.2) is 12.5 Å². The van der Waals surface area contributed by atoms with Crippen LogP contribution >= 0.6 is 39.1 Å². The van der Waals surface area contributed by atoms with Crippen LogP contribution in [0.5, 0.6) is 5.75 Å². The maximum Gasteiger partial charge on any atom is 0.432 e. The second kappa shape index (κ2) is 6.91. The fourth-order valence-corrected chi connectivity index (χ4v) is 3.76. The molecule has 0 spiro atoms. The number of hydrogen-bond donors (Lipinski definition) is 0. The Labute approximate surface area is 165 Å². The first-order chi connectivity index (χ1) is 12.2. The fourth-order valence-electron chi connectivity index (χ4n) is 2.88. The van der Waals surface area contributed by atoms with Crippen molar-refractivity contribution >= 4 is 49.9 Å². The number of hydrogen-bond acceptors (Lipinski definition) is 2. The smallest absolute Gasteiger partial charge is 0.432 e. The van der Waals surface area contributed by atoms with E-state index in [0.29, 0.717) is 21.9 Å². The van der Waals surface area contributed by atoms with Crippen molar-refractivity contribution in [3.8, 4) is 5.75 Å². The normalized spacial score (nSPS) is 19.8. The van der Waals surface area contributed by atoms with Crippen molar-refractivity contribution in [2.24, 2.45) is 0 Å². The van der Waals surface area contributed by atoms with Crippen LogP contribution in [0.15, 0.2) is 42.5 Å². The molecule has 1 aliphatic heterocycles. The average Bonchev–Trinajstić information content (AvgIpc) is 2.94. The molecule has 0 amide bonds. The predicted molar refractivity (Wildman–Crippen MR) is 97.9 cm³/mol. The van der Waals surface area contributed by atoms with E-state index in [0.717, 1.165) is 0 Å². The Morgan fingerprint density at radius 2 is 1.81 bits per heavy atom. The highest BCUT2D eigenvalue weighted by molar-refractivity contribution is 9.15. The number of carbonyl (C=O) groups excluding carboxylic acids is 1. The van der Waals surface area contributed by atoms with Gasteiger partial charge >= 0.3 is 6.18 Å². The quantitative estimate of drug-likeness (QED) is 0.391. The molecule has 2 nitrogen and oxygen atoms in total. The molecule has 0 N–H and O–H groups in total. The van der Waals surface area contributed by atoms with Crippen molar-refractivity contribution in [3.05, 3.63) is 69.2 Å². The number of rotatable bonds is 3. The Morgan fingerprint density at radius 3 is 2.38 bits per heavy atom. The zero-order chi connectivity index (χ0) is 19.1. The molecule has 1 unspecified atom stereocenters. The van der Waals surface area contributed by atoms with E-state index in [1.165, 1.54) is 30.3 Å². The number of alkyl halides is 3. The molecule has 0 saturated heterocycles. The number of ether oxygens (including phenoxy) is 1. The van der Waals surface area contributed by atoms with Crippen molar-refractivity contribution < 1.29 is 22.7 Å². The highest BCUT2D eigenvalue weighted by atomic mass is 79.9. The summed E-state index contributed by atoms with van der Waals surface area (Å²) in [6.45, 7) is 0. The summed E-state index contributed by atoms with van der Waals surface area (Å²) < 4.78 is 48.0. The van der Waals surface area contributed by atoms with Gasteiger partial charge in [0.1, 0.15) is 12.0 Å². The van der Waals surface area contributed by atoms with E-state index in [9.17, 15) is 18.0 Å². The second-order valence-electron chi connectivity index (χ2n) is 5.73.